The summed E-state index contributed by atoms with van der Waals surface area (Å²) in [5, 5.41) is 32.7. The van der Waals surface area contributed by atoms with Crippen molar-refractivity contribution in [2.75, 3.05) is 24.6 Å². The second-order valence-electron chi connectivity index (χ2n) is 8.65. The third-order valence-electron chi connectivity index (χ3n) is 5.36. The van der Waals surface area contributed by atoms with E-state index in [2.05, 4.69) is 35.1 Å². The maximum Gasteiger partial charge on any atom is 1.00 e. The number of amides is 4. The molecule has 0 aliphatic rings. The number of rotatable bonds is 23. The molecule has 0 aromatic heterocycles. The van der Waals surface area contributed by atoms with Crippen LogP contribution in [0, 0.1) is 0 Å². The topological polar surface area (TPSA) is 163 Å². The number of carbonyl (C=O) groups is 4. The Balaban J connectivity index is -0.00000612. The molecule has 0 bridgehead atoms. The SMILES string of the molecule is CCCCCCCCNC(=O)N[C@H](CSSC[C@@H](NC(=O)NCCCCCCCC)C(=O)[O-])C(=O)[O-].[Na+].[Na+]. The van der Waals surface area contributed by atoms with Crippen LogP contribution >= 0.6 is 21.6 Å². The fourth-order valence-electron chi connectivity index (χ4n) is 3.20. The second-order valence-corrected chi connectivity index (χ2v) is 11.2. The van der Waals surface area contributed by atoms with E-state index in [0.717, 1.165) is 60.1 Å². The van der Waals surface area contributed by atoms with E-state index < -0.39 is 36.1 Å². The van der Waals surface area contributed by atoms with E-state index in [0.29, 0.717) is 13.1 Å². The summed E-state index contributed by atoms with van der Waals surface area (Å²) in [4.78, 5) is 46.6. The normalized spacial score (nSPS) is 11.7. The van der Waals surface area contributed by atoms with Crippen LogP contribution in [0.2, 0.25) is 0 Å². The van der Waals surface area contributed by atoms with Gasteiger partial charge in [0.25, 0.3) is 0 Å². The number of aliphatic carboxylic acids is 2. The van der Waals surface area contributed by atoms with Gasteiger partial charge in [0.1, 0.15) is 0 Å². The molecular weight excluding hydrogens is 550 g/mol. The third kappa shape index (κ3) is 26.4. The fourth-order valence-corrected chi connectivity index (χ4v) is 5.50. The Bertz CT molecular complexity index is 587. The van der Waals surface area contributed by atoms with Gasteiger partial charge in [-0.1, -0.05) is 99.6 Å². The van der Waals surface area contributed by atoms with E-state index in [9.17, 15) is 29.4 Å². The molecule has 10 nitrogen and oxygen atoms in total. The summed E-state index contributed by atoms with van der Waals surface area (Å²) >= 11 is 0. The molecule has 0 aromatic carbocycles. The summed E-state index contributed by atoms with van der Waals surface area (Å²) in [6, 6.07) is -3.64. The average Bonchev–Trinajstić information content (AvgIpc) is 2.83. The molecule has 0 saturated carbocycles. The van der Waals surface area contributed by atoms with Gasteiger partial charge in [-0.3, -0.25) is 0 Å². The smallest absolute Gasteiger partial charge is 0.548 e. The van der Waals surface area contributed by atoms with E-state index >= 15 is 0 Å². The van der Waals surface area contributed by atoms with Crippen molar-refractivity contribution >= 4 is 45.6 Å². The fraction of sp³-hybridized carbons (Fsp3) is 0.833. The van der Waals surface area contributed by atoms with E-state index in [1.54, 1.807) is 0 Å². The molecule has 0 radical (unpaired) electrons. The van der Waals surface area contributed by atoms with Crippen molar-refractivity contribution in [3.05, 3.63) is 0 Å². The second kappa shape index (κ2) is 30.1. The first kappa shape index (κ1) is 42.6. The zero-order chi connectivity index (χ0) is 27.0. The monoisotopic (exact) mass is 594 g/mol. The minimum atomic E-state index is -1.43. The number of carboxylic acids is 2. The van der Waals surface area contributed by atoms with Crippen molar-refractivity contribution < 1.29 is 88.5 Å². The van der Waals surface area contributed by atoms with Crippen LogP contribution in [0.1, 0.15) is 90.9 Å². The van der Waals surface area contributed by atoms with Crippen molar-refractivity contribution in [3.63, 3.8) is 0 Å². The van der Waals surface area contributed by atoms with Crippen molar-refractivity contribution in [2.45, 2.75) is 103 Å². The molecule has 210 valence electrons. The van der Waals surface area contributed by atoms with Gasteiger partial charge in [0.05, 0.1) is 24.0 Å². The van der Waals surface area contributed by atoms with Gasteiger partial charge in [-0.25, -0.2) is 9.59 Å². The Labute approximate surface area is 280 Å². The minimum Gasteiger partial charge on any atom is -0.548 e. The molecule has 4 amide bonds. The third-order valence-corrected chi connectivity index (χ3v) is 7.79. The van der Waals surface area contributed by atoms with Gasteiger partial charge in [-0.05, 0) is 12.8 Å². The van der Waals surface area contributed by atoms with Crippen LogP contribution in [0.4, 0.5) is 9.59 Å². The van der Waals surface area contributed by atoms with Crippen LogP contribution in [0.5, 0.6) is 0 Å². The van der Waals surface area contributed by atoms with Gasteiger partial charge in [0, 0.05) is 24.6 Å². The summed E-state index contributed by atoms with van der Waals surface area (Å²) in [5.41, 5.74) is 0. The molecule has 4 N–H and O–H groups in total. The number of carboxylic acid groups (broad SMARTS) is 2. The van der Waals surface area contributed by atoms with Gasteiger partial charge in [-0.15, -0.1) is 0 Å². The van der Waals surface area contributed by atoms with E-state index in [1.807, 2.05) is 0 Å². The molecule has 0 rings (SSSR count). The van der Waals surface area contributed by atoms with E-state index in [-0.39, 0.29) is 70.6 Å². The van der Waals surface area contributed by atoms with Crippen LogP contribution in [0.15, 0.2) is 0 Å². The molecule has 0 unspecified atom stereocenters. The molecule has 0 aliphatic heterocycles. The van der Waals surface area contributed by atoms with Crippen LogP contribution < -0.4 is 90.6 Å². The first-order valence-corrected chi connectivity index (χ1v) is 15.5. The van der Waals surface area contributed by atoms with Gasteiger partial charge < -0.3 is 41.1 Å². The largest absolute Gasteiger partial charge is 1.00 e. The van der Waals surface area contributed by atoms with Crippen LogP contribution in [-0.2, 0) is 9.59 Å². The number of unbranched alkanes of at least 4 members (excludes halogenated alkanes) is 10. The Morgan fingerprint density at radius 2 is 0.895 bits per heavy atom. The van der Waals surface area contributed by atoms with Gasteiger partial charge in [-0.2, -0.15) is 0 Å². The zero-order valence-electron chi connectivity index (χ0n) is 23.7. The van der Waals surface area contributed by atoms with Crippen LogP contribution in [0.3, 0.4) is 0 Å². The van der Waals surface area contributed by atoms with Crippen LogP contribution in [0.25, 0.3) is 0 Å². The van der Waals surface area contributed by atoms with Crippen molar-refractivity contribution in [1.29, 1.82) is 0 Å². The molecule has 0 aliphatic carbocycles. The predicted molar refractivity (Wildman–Crippen MR) is 142 cm³/mol. The first-order valence-electron chi connectivity index (χ1n) is 13.1. The summed E-state index contributed by atoms with van der Waals surface area (Å²) in [7, 11) is 2.13. The first-order chi connectivity index (χ1) is 17.3. The zero-order valence-corrected chi connectivity index (χ0v) is 29.4. The molecule has 0 spiro atoms. The van der Waals surface area contributed by atoms with Gasteiger partial charge in [0.2, 0.25) is 0 Å². The Morgan fingerprint density at radius 3 is 1.21 bits per heavy atom. The van der Waals surface area contributed by atoms with Gasteiger partial charge >= 0.3 is 71.2 Å². The number of nitrogens with one attached hydrogen (secondary N) is 4. The number of carbonyl (C=O) groups excluding carboxylic acids is 4. The maximum absolute atomic E-state index is 11.9. The predicted octanol–water partition coefficient (Wildman–Crippen LogP) is -4.07. The minimum absolute atomic E-state index is 0. The quantitative estimate of drug-likeness (QED) is 0.0528. The summed E-state index contributed by atoms with van der Waals surface area (Å²) in [6.45, 7) is 5.21. The molecule has 0 fully saturated rings. The molecular formula is C24H44N4Na2O6S2. The number of urea groups is 2. The van der Waals surface area contributed by atoms with Gasteiger partial charge in [0.15, 0.2) is 0 Å². The Kier molecular flexibility index (Phi) is 33.8. The molecule has 0 saturated heterocycles. The molecule has 0 aromatic rings. The maximum atomic E-state index is 11.9. The van der Waals surface area contributed by atoms with Crippen molar-refractivity contribution in [3.8, 4) is 0 Å². The summed E-state index contributed by atoms with van der Waals surface area (Å²) < 4.78 is 0. The van der Waals surface area contributed by atoms with Crippen LogP contribution in [-0.4, -0.2) is 60.7 Å². The molecule has 0 heterocycles. The number of hydrogen-bond acceptors (Lipinski definition) is 8. The molecule has 2 atom stereocenters. The molecule has 38 heavy (non-hydrogen) atoms. The van der Waals surface area contributed by atoms with E-state index in [1.165, 1.54) is 38.5 Å². The average molecular weight is 595 g/mol. The standard InChI is InChI=1S/C24H46N4O6S2.2Na/c1-3-5-7-9-11-13-15-25-23(33)27-19(21(29)30)17-35-36-18-20(22(31)32)28-24(34)26-16-14-12-10-8-6-4-2;;/h19-20H,3-18H2,1-2H3,(H,29,30)(H,31,32)(H2,25,27,33)(H2,26,28,34);;/q;2*+1/p-2/t19-,20-;;/m1../s1. The molecule has 14 heteroatoms. The Hall–Kier alpha value is 0.180. The van der Waals surface area contributed by atoms with Crippen molar-refractivity contribution in [1.82, 2.24) is 21.3 Å². The number of hydrogen-bond donors (Lipinski definition) is 4. The Morgan fingerprint density at radius 1 is 0.579 bits per heavy atom. The van der Waals surface area contributed by atoms with E-state index in [4.69, 9.17) is 0 Å². The van der Waals surface area contributed by atoms with Crippen molar-refractivity contribution in [2.24, 2.45) is 0 Å². The summed E-state index contributed by atoms with van der Waals surface area (Å²) in [6.07, 6.45) is 12.9. The summed E-state index contributed by atoms with van der Waals surface area (Å²) in [5.74, 6) is -2.91.